The number of halogens is 2. The van der Waals surface area contributed by atoms with Crippen LogP contribution in [0.2, 0.25) is 5.02 Å². The number of hydrogen-bond donors (Lipinski definition) is 0. The zero-order valence-electron chi connectivity index (χ0n) is 11.1. The van der Waals surface area contributed by atoms with Gasteiger partial charge in [-0.3, -0.25) is 0 Å². The molecule has 108 valence electrons. The van der Waals surface area contributed by atoms with Crippen LogP contribution in [0.1, 0.15) is 18.1 Å². The van der Waals surface area contributed by atoms with Gasteiger partial charge in [-0.05, 0) is 24.1 Å². The van der Waals surface area contributed by atoms with E-state index in [9.17, 15) is 0 Å². The van der Waals surface area contributed by atoms with E-state index in [4.69, 9.17) is 25.8 Å². The molecule has 0 fully saturated rings. The van der Waals surface area contributed by atoms with Gasteiger partial charge in [0.15, 0.2) is 0 Å². The van der Waals surface area contributed by atoms with E-state index < -0.39 is 0 Å². The molecule has 0 radical (unpaired) electrons. The van der Waals surface area contributed by atoms with E-state index in [0.717, 1.165) is 15.9 Å². The van der Waals surface area contributed by atoms with Crippen LogP contribution in [0.25, 0.3) is 0 Å². The SMILES string of the molecule is COCCOCCCOC(CI)c1ccc(Cl)cc1. The standard InChI is InChI=1S/C14H20ClIO3/c1-17-9-10-18-7-2-8-19-14(11-16)12-3-5-13(15)6-4-12/h3-6,14H,2,7-11H2,1H3. The average Bonchev–Trinajstić information content (AvgIpc) is 2.43. The molecule has 0 spiro atoms. The number of rotatable bonds is 10. The third-order valence-electron chi connectivity index (χ3n) is 2.57. The molecule has 0 aliphatic rings. The summed E-state index contributed by atoms with van der Waals surface area (Å²) in [5.74, 6) is 0. The van der Waals surface area contributed by atoms with E-state index >= 15 is 0 Å². The van der Waals surface area contributed by atoms with E-state index in [1.54, 1.807) is 7.11 Å². The van der Waals surface area contributed by atoms with Crippen LogP contribution >= 0.6 is 34.2 Å². The summed E-state index contributed by atoms with van der Waals surface area (Å²) in [6, 6.07) is 7.82. The average molecular weight is 399 g/mol. The third-order valence-corrected chi connectivity index (χ3v) is 3.62. The van der Waals surface area contributed by atoms with Crippen molar-refractivity contribution in [3.05, 3.63) is 34.9 Å². The van der Waals surface area contributed by atoms with Crippen LogP contribution in [0.4, 0.5) is 0 Å². The first-order valence-electron chi connectivity index (χ1n) is 6.27. The Morgan fingerprint density at radius 3 is 2.47 bits per heavy atom. The third kappa shape index (κ3) is 7.46. The van der Waals surface area contributed by atoms with Crippen LogP contribution < -0.4 is 0 Å². The van der Waals surface area contributed by atoms with E-state index in [2.05, 4.69) is 22.6 Å². The summed E-state index contributed by atoms with van der Waals surface area (Å²) in [4.78, 5) is 0. The van der Waals surface area contributed by atoms with Crippen LogP contribution in [0, 0.1) is 0 Å². The predicted molar refractivity (Wildman–Crippen MR) is 86.3 cm³/mol. The van der Waals surface area contributed by atoms with E-state index in [1.807, 2.05) is 24.3 Å². The molecule has 5 heteroatoms. The monoisotopic (exact) mass is 398 g/mol. The van der Waals surface area contributed by atoms with Gasteiger partial charge in [-0.25, -0.2) is 0 Å². The normalized spacial score (nSPS) is 12.6. The topological polar surface area (TPSA) is 27.7 Å². The van der Waals surface area contributed by atoms with E-state index in [0.29, 0.717) is 26.4 Å². The molecule has 0 bridgehead atoms. The van der Waals surface area contributed by atoms with Gasteiger partial charge in [0.1, 0.15) is 0 Å². The first-order chi connectivity index (χ1) is 9.27. The molecule has 1 aromatic rings. The Hall–Kier alpha value is 0.120. The van der Waals surface area contributed by atoms with Crippen molar-refractivity contribution < 1.29 is 14.2 Å². The summed E-state index contributed by atoms with van der Waals surface area (Å²) in [7, 11) is 1.67. The molecular weight excluding hydrogens is 379 g/mol. The molecule has 1 atom stereocenters. The van der Waals surface area contributed by atoms with Crippen LogP contribution in [-0.4, -0.2) is 38.0 Å². The van der Waals surface area contributed by atoms with Crippen molar-refractivity contribution in [3.63, 3.8) is 0 Å². The quantitative estimate of drug-likeness (QED) is 0.340. The Balaban J connectivity index is 2.20. The lowest BCUT2D eigenvalue weighted by molar-refractivity contribution is 0.0321. The van der Waals surface area contributed by atoms with Crippen molar-refractivity contribution in [2.24, 2.45) is 0 Å². The minimum absolute atomic E-state index is 0.122. The number of ether oxygens (including phenoxy) is 3. The molecule has 0 saturated heterocycles. The second-order valence-electron chi connectivity index (χ2n) is 4.02. The summed E-state index contributed by atoms with van der Waals surface area (Å²) >= 11 is 8.21. The summed E-state index contributed by atoms with van der Waals surface area (Å²) in [6.07, 6.45) is 1.02. The fourth-order valence-corrected chi connectivity index (χ4v) is 2.43. The van der Waals surface area contributed by atoms with Gasteiger partial charge in [0.25, 0.3) is 0 Å². The number of alkyl halides is 1. The lowest BCUT2D eigenvalue weighted by Crippen LogP contribution is -2.10. The molecule has 0 N–H and O–H groups in total. The summed E-state index contributed by atoms with van der Waals surface area (Å²) in [6.45, 7) is 2.69. The van der Waals surface area contributed by atoms with Gasteiger partial charge in [-0.15, -0.1) is 0 Å². The Bertz CT molecular complexity index is 332. The van der Waals surface area contributed by atoms with Gasteiger partial charge < -0.3 is 14.2 Å². The highest BCUT2D eigenvalue weighted by Crippen LogP contribution is 2.22. The molecular formula is C14H20ClIO3. The fourth-order valence-electron chi connectivity index (χ4n) is 1.54. The molecule has 1 unspecified atom stereocenters. The maximum atomic E-state index is 5.88. The van der Waals surface area contributed by atoms with Gasteiger partial charge in [-0.1, -0.05) is 46.3 Å². The highest BCUT2D eigenvalue weighted by atomic mass is 127. The Morgan fingerprint density at radius 1 is 1.11 bits per heavy atom. The minimum Gasteiger partial charge on any atom is -0.382 e. The first kappa shape index (κ1) is 17.2. The highest BCUT2D eigenvalue weighted by Gasteiger charge is 2.09. The molecule has 0 heterocycles. The van der Waals surface area contributed by atoms with Crippen molar-refractivity contribution in [3.8, 4) is 0 Å². The van der Waals surface area contributed by atoms with Crippen LogP contribution in [0.5, 0.6) is 0 Å². The molecule has 0 aliphatic heterocycles. The maximum Gasteiger partial charge on any atom is 0.0914 e. The molecule has 1 aromatic carbocycles. The number of methoxy groups -OCH3 is 1. The van der Waals surface area contributed by atoms with Gasteiger partial charge in [0, 0.05) is 29.8 Å². The zero-order valence-corrected chi connectivity index (χ0v) is 14.0. The molecule has 3 nitrogen and oxygen atoms in total. The number of benzene rings is 1. The van der Waals surface area contributed by atoms with Crippen LogP contribution in [0.15, 0.2) is 24.3 Å². The molecule has 0 saturated carbocycles. The summed E-state index contributed by atoms with van der Waals surface area (Å²) in [5.41, 5.74) is 1.17. The number of hydrogen-bond acceptors (Lipinski definition) is 3. The predicted octanol–water partition coefficient (Wildman–Crippen LogP) is 3.89. The Labute approximate surface area is 133 Å². The molecule has 0 aromatic heterocycles. The lowest BCUT2D eigenvalue weighted by Gasteiger charge is -2.16. The highest BCUT2D eigenvalue weighted by molar-refractivity contribution is 14.1. The lowest BCUT2D eigenvalue weighted by atomic mass is 10.1. The second kappa shape index (κ2) is 10.9. The molecule has 1 rings (SSSR count). The molecule has 0 amide bonds. The van der Waals surface area contributed by atoms with E-state index in [1.165, 1.54) is 5.56 Å². The van der Waals surface area contributed by atoms with Crippen molar-refractivity contribution in [1.82, 2.24) is 0 Å². The van der Waals surface area contributed by atoms with Crippen LogP contribution in [0.3, 0.4) is 0 Å². The summed E-state index contributed by atoms with van der Waals surface area (Å²) < 4.78 is 17.1. The van der Waals surface area contributed by atoms with Gasteiger partial charge >= 0.3 is 0 Å². The van der Waals surface area contributed by atoms with Crippen molar-refractivity contribution in [2.45, 2.75) is 12.5 Å². The van der Waals surface area contributed by atoms with Crippen molar-refractivity contribution in [1.29, 1.82) is 0 Å². The van der Waals surface area contributed by atoms with Gasteiger partial charge in [0.05, 0.1) is 19.3 Å². The largest absolute Gasteiger partial charge is 0.382 e. The van der Waals surface area contributed by atoms with Crippen molar-refractivity contribution in [2.75, 3.05) is 38.0 Å². The van der Waals surface area contributed by atoms with Gasteiger partial charge in [0.2, 0.25) is 0 Å². The maximum absolute atomic E-state index is 5.88. The van der Waals surface area contributed by atoms with Gasteiger partial charge in [-0.2, -0.15) is 0 Å². The Morgan fingerprint density at radius 2 is 1.84 bits per heavy atom. The Kier molecular flexibility index (Phi) is 9.81. The minimum atomic E-state index is 0.122. The molecule has 0 aliphatic carbocycles. The molecule has 19 heavy (non-hydrogen) atoms. The smallest absolute Gasteiger partial charge is 0.0914 e. The van der Waals surface area contributed by atoms with E-state index in [-0.39, 0.29) is 6.10 Å². The van der Waals surface area contributed by atoms with Crippen molar-refractivity contribution >= 4 is 34.2 Å². The first-order valence-corrected chi connectivity index (χ1v) is 8.18. The fraction of sp³-hybridized carbons (Fsp3) is 0.571. The second-order valence-corrected chi connectivity index (χ2v) is 5.34. The van der Waals surface area contributed by atoms with Crippen LogP contribution in [-0.2, 0) is 14.2 Å². The summed E-state index contributed by atoms with van der Waals surface area (Å²) in [5, 5.41) is 0.752. The zero-order chi connectivity index (χ0) is 13.9.